The van der Waals surface area contributed by atoms with Crippen LogP contribution in [0.25, 0.3) is 21.8 Å². The molecule has 2 fully saturated rings. The van der Waals surface area contributed by atoms with Crippen LogP contribution in [0.4, 0.5) is 11.6 Å². The van der Waals surface area contributed by atoms with Gasteiger partial charge in [0, 0.05) is 0 Å². The van der Waals surface area contributed by atoms with Crippen molar-refractivity contribution in [3.8, 4) is 0 Å². The van der Waals surface area contributed by atoms with E-state index in [1.165, 1.54) is 38.5 Å². The van der Waals surface area contributed by atoms with Crippen LogP contribution in [0.2, 0.25) is 0 Å². The number of hydrogen-bond donors (Lipinski definition) is 0. The molecule has 0 unspecified atom stereocenters. The third-order valence-electron chi connectivity index (χ3n) is 12.2. The molecule has 0 aromatic carbocycles. The van der Waals surface area contributed by atoms with Crippen molar-refractivity contribution < 1.29 is 6.15 Å². The monoisotopic (exact) mass is 862 g/mol. The maximum atomic E-state index is 7.82. The summed E-state index contributed by atoms with van der Waals surface area (Å²) in [5.74, 6) is 3.81. The average molecular weight is 862 g/mol. The molecule has 6 bridgehead atoms. The summed E-state index contributed by atoms with van der Waals surface area (Å²) in [7, 11) is 0. The summed E-state index contributed by atoms with van der Waals surface area (Å²) < 4.78 is 20.0. The van der Waals surface area contributed by atoms with Crippen LogP contribution in [0, 0.1) is 11.8 Å². The molecule has 2 saturated carbocycles. The zero-order valence-electron chi connectivity index (χ0n) is 31.3. The van der Waals surface area contributed by atoms with E-state index >= 15 is 0 Å². The minimum atomic E-state index is -5.41. The Labute approximate surface area is 332 Å². The Morgan fingerprint density at radius 2 is 1.02 bits per heavy atom. The molecule has 2 aliphatic carbocycles. The zero-order valence-corrected chi connectivity index (χ0v) is 34.1. The van der Waals surface area contributed by atoms with Crippen molar-refractivity contribution in [1.29, 1.82) is 0 Å². The van der Waals surface area contributed by atoms with Gasteiger partial charge in [0.15, 0.2) is 0 Å². The van der Waals surface area contributed by atoms with Gasteiger partial charge in [0.05, 0.1) is 0 Å². The van der Waals surface area contributed by atoms with Crippen LogP contribution in [0.1, 0.15) is 86.7 Å². The molecule has 0 atom stereocenters. The first-order valence-corrected chi connectivity index (χ1v) is 25.1. The van der Waals surface area contributed by atoms with Crippen molar-refractivity contribution in [2.75, 3.05) is 13.2 Å². The van der Waals surface area contributed by atoms with Crippen LogP contribution in [0.5, 0.6) is 0 Å². The molecule has 0 N–H and O–H groups in total. The standard InChI is InChI=1S/C28H12N12.2C7H13O.Sn/c1-5-13-17(29-9-1)25-33-21(13)37-26-18-14(6-2-10-30-18)23(34-26)39-28-20-16(8-4-12-32-20)24(36-28)40-27-19-15(7-3-11-31-19)22(35-27)38-25;2*8-6-7-4-2-1-3-5-7;/h1-12H;2*7H,1-6H2;/q-2;2*-1;+4. The first kappa shape index (κ1) is 33.8. The fourth-order valence-corrected chi connectivity index (χ4v) is 19.2. The molecule has 4 aliphatic heterocycles. The van der Waals surface area contributed by atoms with Crippen molar-refractivity contribution in [3.63, 3.8) is 0 Å². The summed E-state index contributed by atoms with van der Waals surface area (Å²) >= 11 is -5.41. The molecular formula is C42H38N12O2Sn. The second kappa shape index (κ2) is 13.4. The van der Waals surface area contributed by atoms with Gasteiger partial charge < -0.3 is 0 Å². The van der Waals surface area contributed by atoms with Gasteiger partial charge in [-0.1, -0.05) is 0 Å². The molecule has 57 heavy (non-hydrogen) atoms. The molecule has 0 radical (unpaired) electrons. The number of rotatable bonds is 6. The Kier molecular flexibility index (Phi) is 7.93. The number of pyridine rings is 4. The van der Waals surface area contributed by atoms with E-state index in [1.54, 1.807) is 24.8 Å². The van der Waals surface area contributed by atoms with Gasteiger partial charge in [-0.2, -0.15) is 0 Å². The van der Waals surface area contributed by atoms with Gasteiger partial charge in [-0.05, 0) is 0 Å². The zero-order chi connectivity index (χ0) is 37.5. The molecule has 15 heteroatoms. The number of nitrogens with zero attached hydrogens (tertiary/aromatic N) is 12. The molecule has 6 aromatic heterocycles. The molecular weight excluding hydrogens is 823 g/mol. The van der Waals surface area contributed by atoms with Crippen molar-refractivity contribution in [1.82, 2.24) is 25.5 Å². The molecule has 14 nitrogen and oxygen atoms in total. The SMILES string of the molecule is c1cnc2c(c1)C1=Nc3c4ncccc4c4[n]3[Sn]([O]CC3CCCCC3)([O]CC3CCCCC3)[n]3c(c5cccnc5c3=NC3=NC(=N4)c4ncccc43)=NC2=N1. The van der Waals surface area contributed by atoms with E-state index in [4.69, 9.17) is 56.0 Å². The van der Waals surface area contributed by atoms with Crippen molar-refractivity contribution in [2.45, 2.75) is 64.2 Å². The maximum absolute atomic E-state index is 7.82. The summed E-state index contributed by atoms with van der Waals surface area (Å²) in [5.41, 5.74) is 5.37. The molecule has 0 spiro atoms. The van der Waals surface area contributed by atoms with Crippen LogP contribution in [0.15, 0.2) is 103 Å². The topological polar surface area (TPSA) is 154 Å². The third-order valence-corrected chi connectivity index (χ3v) is 20.9. The van der Waals surface area contributed by atoms with Crippen LogP contribution < -0.4 is 11.0 Å². The van der Waals surface area contributed by atoms with Gasteiger partial charge in [0.2, 0.25) is 0 Å². The number of amidine groups is 4. The predicted molar refractivity (Wildman–Crippen MR) is 217 cm³/mol. The average Bonchev–Trinajstić information content (AvgIpc) is 3.98. The third kappa shape index (κ3) is 5.29. The summed E-state index contributed by atoms with van der Waals surface area (Å²) in [4.78, 5) is 51.8. The molecule has 0 saturated heterocycles. The Morgan fingerprint density at radius 1 is 0.491 bits per heavy atom. The second-order valence-electron chi connectivity index (χ2n) is 15.7. The van der Waals surface area contributed by atoms with Crippen LogP contribution in [-0.4, -0.2) is 81.8 Å². The van der Waals surface area contributed by atoms with Gasteiger partial charge in [-0.3, -0.25) is 0 Å². The van der Waals surface area contributed by atoms with E-state index in [1.807, 2.05) is 48.5 Å². The van der Waals surface area contributed by atoms with Gasteiger partial charge in [0.25, 0.3) is 0 Å². The Balaban J connectivity index is 1.29. The van der Waals surface area contributed by atoms with E-state index in [0.29, 0.717) is 93.4 Å². The van der Waals surface area contributed by atoms with E-state index in [0.717, 1.165) is 47.6 Å². The number of aliphatic imine (C=N–C) groups is 4. The Morgan fingerprint density at radius 3 is 1.70 bits per heavy atom. The molecule has 0 amide bonds. The van der Waals surface area contributed by atoms with Gasteiger partial charge in [-0.25, -0.2) is 0 Å². The minimum absolute atomic E-state index is 0.369. The molecule has 12 rings (SSSR count). The van der Waals surface area contributed by atoms with E-state index < -0.39 is 19.8 Å². The Bertz CT molecular complexity index is 2730. The summed E-state index contributed by atoms with van der Waals surface area (Å²) in [6.45, 7) is 1.03. The molecule has 10 heterocycles. The van der Waals surface area contributed by atoms with Crippen molar-refractivity contribution in [2.24, 2.45) is 41.8 Å². The van der Waals surface area contributed by atoms with Crippen LogP contribution in [-0.2, 0) is 6.15 Å². The number of fused-ring (bicyclic) bond motifs is 14. The van der Waals surface area contributed by atoms with Crippen molar-refractivity contribution in [3.05, 3.63) is 107 Å². The summed E-state index contributed by atoms with van der Waals surface area (Å²) in [5, 5.41) is 1.60. The fraction of sp³-hybridized carbons (Fsp3) is 0.333. The summed E-state index contributed by atoms with van der Waals surface area (Å²) in [6, 6.07) is 15.8. The second-order valence-corrected chi connectivity index (χ2v) is 23.0. The normalized spacial score (nSPS) is 19.5. The predicted octanol–water partition coefficient (Wildman–Crippen LogP) is 6.15. The van der Waals surface area contributed by atoms with E-state index in [-0.39, 0.29) is 0 Å². The number of aromatic nitrogens is 6. The fourth-order valence-electron chi connectivity index (χ4n) is 9.39. The summed E-state index contributed by atoms with van der Waals surface area (Å²) in [6.07, 6.45) is 18.8. The first-order valence-electron chi connectivity index (χ1n) is 20.2. The molecule has 282 valence electrons. The molecule has 6 aromatic rings. The Hall–Kier alpha value is -5.32. The van der Waals surface area contributed by atoms with Gasteiger partial charge in [-0.15, -0.1) is 0 Å². The van der Waals surface area contributed by atoms with Crippen molar-refractivity contribution >= 4 is 76.5 Å². The van der Waals surface area contributed by atoms with Gasteiger partial charge >= 0.3 is 334 Å². The quantitative estimate of drug-likeness (QED) is 0.183. The van der Waals surface area contributed by atoms with Crippen LogP contribution >= 0.6 is 0 Å². The number of hydrogen-bond acceptors (Lipinski definition) is 12. The van der Waals surface area contributed by atoms with E-state index in [2.05, 4.69) is 5.58 Å². The van der Waals surface area contributed by atoms with E-state index in [9.17, 15) is 0 Å². The van der Waals surface area contributed by atoms with Crippen LogP contribution in [0.3, 0.4) is 0 Å². The molecule has 6 aliphatic rings. The van der Waals surface area contributed by atoms with Gasteiger partial charge in [0.1, 0.15) is 0 Å². The first-order chi connectivity index (χ1) is 28.2.